The van der Waals surface area contributed by atoms with Crippen LogP contribution in [0.4, 0.5) is 5.69 Å². The number of para-hydroxylation sites is 1. The molecule has 1 atom stereocenters. The molecule has 1 aliphatic rings. The zero-order valence-electron chi connectivity index (χ0n) is 17.9. The maximum absolute atomic E-state index is 2.60. The van der Waals surface area contributed by atoms with Crippen LogP contribution in [0.25, 0.3) is 0 Å². The summed E-state index contributed by atoms with van der Waals surface area (Å²) < 4.78 is 0. The van der Waals surface area contributed by atoms with Crippen LogP contribution in [0.1, 0.15) is 97.3 Å². The number of hydrogen-bond acceptors (Lipinski definition) is 2. The zero-order chi connectivity index (χ0) is 19.2. The molecule has 0 amide bonds. The molecule has 0 bridgehead atoms. The first-order chi connectivity index (χ1) is 13.4. The van der Waals surface area contributed by atoms with E-state index in [0.29, 0.717) is 6.17 Å². The third-order valence-corrected chi connectivity index (χ3v) is 5.76. The Hall–Kier alpha value is -1.44. The van der Waals surface area contributed by atoms with Crippen molar-refractivity contribution < 1.29 is 0 Å². The average Bonchev–Trinajstić information content (AvgIpc) is 3.10. The third-order valence-electron chi connectivity index (χ3n) is 5.76. The average molecular weight is 371 g/mol. The van der Waals surface area contributed by atoms with E-state index < -0.39 is 0 Å². The summed E-state index contributed by atoms with van der Waals surface area (Å²) in [6, 6.07) is 10.9. The van der Waals surface area contributed by atoms with Crippen LogP contribution >= 0.6 is 0 Å². The molecule has 1 aromatic carbocycles. The van der Waals surface area contributed by atoms with Crippen LogP contribution in [-0.2, 0) is 0 Å². The van der Waals surface area contributed by atoms with E-state index in [1.165, 1.54) is 95.7 Å². The Morgan fingerprint density at radius 2 is 1.26 bits per heavy atom. The molecule has 0 fully saturated rings. The van der Waals surface area contributed by atoms with Gasteiger partial charge in [0.1, 0.15) is 6.17 Å². The Morgan fingerprint density at radius 1 is 0.667 bits per heavy atom. The van der Waals surface area contributed by atoms with Crippen molar-refractivity contribution in [1.29, 1.82) is 0 Å². The van der Waals surface area contributed by atoms with Gasteiger partial charge in [0.05, 0.1) is 0 Å². The lowest BCUT2D eigenvalue weighted by atomic mass is 10.1. The van der Waals surface area contributed by atoms with Gasteiger partial charge in [-0.2, -0.15) is 0 Å². The van der Waals surface area contributed by atoms with Gasteiger partial charge in [0.25, 0.3) is 0 Å². The summed E-state index contributed by atoms with van der Waals surface area (Å²) in [7, 11) is 0. The molecular formula is C25H42N2. The van der Waals surface area contributed by atoms with Gasteiger partial charge in [-0.15, -0.1) is 0 Å². The fourth-order valence-corrected chi connectivity index (χ4v) is 4.08. The molecule has 27 heavy (non-hydrogen) atoms. The lowest BCUT2D eigenvalue weighted by molar-refractivity contribution is 0.273. The molecule has 1 unspecified atom stereocenters. The maximum Gasteiger partial charge on any atom is 0.105 e. The van der Waals surface area contributed by atoms with Gasteiger partial charge < -0.3 is 9.80 Å². The molecule has 1 heterocycles. The summed E-state index contributed by atoms with van der Waals surface area (Å²) in [5.41, 5.74) is 1.33. The van der Waals surface area contributed by atoms with Crippen LogP contribution in [0.5, 0.6) is 0 Å². The first-order valence-electron chi connectivity index (χ1n) is 11.6. The molecule has 152 valence electrons. The molecule has 0 saturated heterocycles. The molecule has 0 radical (unpaired) electrons. The topological polar surface area (TPSA) is 6.48 Å². The molecule has 1 aliphatic heterocycles. The van der Waals surface area contributed by atoms with Gasteiger partial charge >= 0.3 is 0 Å². The minimum Gasteiger partial charge on any atom is -0.356 e. The molecule has 0 saturated carbocycles. The van der Waals surface area contributed by atoms with Crippen LogP contribution in [0.15, 0.2) is 42.7 Å². The van der Waals surface area contributed by atoms with Crippen molar-refractivity contribution >= 4 is 5.69 Å². The second kappa shape index (κ2) is 13.7. The van der Waals surface area contributed by atoms with Gasteiger partial charge in [0.15, 0.2) is 0 Å². The van der Waals surface area contributed by atoms with E-state index in [2.05, 4.69) is 66.4 Å². The number of unbranched alkanes of at least 4 members (excludes halogenated alkanes) is 10. The number of hydrogen-bond donors (Lipinski definition) is 0. The predicted molar refractivity (Wildman–Crippen MR) is 120 cm³/mol. The smallest absolute Gasteiger partial charge is 0.105 e. The molecule has 2 rings (SSSR count). The number of rotatable bonds is 15. The van der Waals surface area contributed by atoms with E-state index in [9.17, 15) is 0 Å². The van der Waals surface area contributed by atoms with Crippen molar-refractivity contribution in [2.45, 2.75) is 103 Å². The molecule has 2 heteroatoms. The van der Waals surface area contributed by atoms with Crippen LogP contribution in [0.3, 0.4) is 0 Å². The summed E-state index contributed by atoms with van der Waals surface area (Å²) in [6.07, 6.45) is 22.9. The fraction of sp³-hybridized carbons (Fsp3) is 0.680. The normalized spacial score (nSPS) is 16.4. The van der Waals surface area contributed by atoms with E-state index in [0.717, 1.165) is 0 Å². The Labute approximate surface area is 168 Å². The molecule has 0 aliphatic carbocycles. The summed E-state index contributed by atoms with van der Waals surface area (Å²) in [5.74, 6) is 0. The second-order valence-corrected chi connectivity index (χ2v) is 8.08. The molecule has 0 spiro atoms. The Balaban J connectivity index is 1.79. The SMILES string of the molecule is CCCCCCCCCN1C=CN(c2ccccc2)C1CCCCCCC. The van der Waals surface area contributed by atoms with Crippen molar-refractivity contribution in [2.75, 3.05) is 11.4 Å². The highest BCUT2D eigenvalue weighted by Gasteiger charge is 2.26. The van der Waals surface area contributed by atoms with E-state index in [1.807, 2.05) is 0 Å². The van der Waals surface area contributed by atoms with Crippen LogP contribution in [-0.4, -0.2) is 17.6 Å². The Bertz CT molecular complexity index is 496. The number of benzene rings is 1. The highest BCUT2D eigenvalue weighted by Crippen LogP contribution is 2.28. The molecular weight excluding hydrogens is 328 g/mol. The Morgan fingerprint density at radius 3 is 1.93 bits per heavy atom. The van der Waals surface area contributed by atoms with Gasteiger partial charge in [-0.25, -0.2) is 0 Å². The summed E-state index contributed by atoms with van der Waals surface area (Å²) in [5, 5.41) is 0. The predicted octanol–water partition coefficient (Wildman–Crippen LogP) is 7.72. The quantitative estimate of drug-likeness (QED) is 0.292. The largest absolute Gasteiger partial charge is 0.356 e. The summed E-state index contributed by atoms with van der Waals surface area (Å²) >= 11 is 0. The Kier molecular flexibility index (Phi) is 11.1. The number of nitrogens with zero attached hydrogens (tertiary/aromatic N) is 2. The highest BCUT2D eigenvalue weighted by molar-refractivity contribution is 5.51. The van der Waals surface area contributed by atoms with E-state index >= 15 is 0 Å². The van der Waals surface area contributed by atoms with Gasteiger partial charge in [-0.05, 0) is 31.4 Å². The van der Waals surface area contributed by atoms with Crippen LogP contribution in [0, 0.1) is 0 Å². The van der Waals surface area contributed by atoms with Crippen molar-refractivity contribution in [3.05, 3.63) is 42.7 Å². The monoisotopic (exact) mass is 370 g/mol. The molecule has 2 nitrogen and oxygen atoms in total. The minimum atomic E-state index is 0.508. The number of anilines is 1. The lowest BCUT2D eigenvalue weighted by Gasteiger charge is -2.33. The van der Waals surface area contributed by atoms with E-state index in [1.54, 1.807) is 0 Å². The third kappa shape index (κ3) is 7.99. The van der Waals surface area contributed by atoms with Gasteiger partial charge in [-0.3, -0.25) is 0 Å². The minimum absolute atomic E-state index is 0.508. The maximum atomic E-state index is 2.60. The van der Waals surface area contributed by atoms with Gasteiger partial charge in [0, 0.05) is 24.6 Å². The first-order valence-corrected chi connectivity index (χ1v) is 11.6. The second-order valence-electron chi connectivity index (χ2n) is 8.08. The van der Waals surface area contributed by atoms with Gasteiger partial charge in [-0.1, -0.05) is 96.3 Å². The highest BCUT2D eigenvalue weighted by atomic mass is 15.4. The van der Waals surface area contributed by atoms with Crippen LogP contribution in [0.2, 0.25) is 0 Å². The standard InChI is InChI=1S/C25H42N2/c1-3-5-7-9-10-12-17-21-26-22-23-27(24-18-14-13-15-19-24)25(26)20-16-11-8-6-4-2/h13-15,18-19,22-23,25H,3-12,16-17,20-21H2,1-2H3. The lowest BCUT2D eigenvalue weighted by Crippen LogP contribution is -2.39. The van der Waals surface area contributed by atoms with Crippen molar-refractivity contribution in [3.8, 4) is 0 Å². The summed E-state index contributed by atoms with van der Waals surface area (Å²) in [6.45, 7) is 5.79. The van der Waals surface area contributed by atoms with Crippen LogP contribution < -0.4 is 4.90 Å². The van der Waals surface area contributed by atoms with Crippen molar-refractivity contribution in [2.24, 2.45) is 0 Å². The first kappa shape index (κ1) is 21.9. The fourth-order valence-electron chi connectivity index (χ4n) is 4.08. The van der Waals surface area contributed by atoms with Crippen molar-refractivity contribution in [3.63, 3.8) is 0 Å². The molecule has 0 N–H and O–H groups in total. The zero-order valence-corrected chi connectivity index (χ0v) is 17.9. The summed E-state index contributed by atoms with van der Waals surface area (Å²) in [4.78, 5) is 5.08. The van der Waals surface area contributed by atoms with E-state index in [4.69, 9.17) is 0 Å². The molecule has 0 aromatic heterocycles. The van der Waals surface area contributed by atoms with Gasteiger partial charge in [0.2, 0.25) is 0 Å². The molecule has 1 aromatic rings. The van der Waals surface area contributed by atoms with E-state index in [-0.39, 0.29) is 0 Å². The van der Waals surface area contributed by atoms with Crippen molar-refractivity contribution in [1.82, 2.24) is 4.90 Å².